The molecule has 0 spiro atoms. The lowest BCUT2D eigenvalue weighted by atomic mass is 10.1. The van der Waals surface area contributed by atoms with Crippen LogP contribution in [0.25, 0.3) is 0 Å². The van der Waals surface area contributed by atoms with Crippen LogP contribution < -0.4 is 10.1 Å². The Kier molecular flexibility index (Phi) is 4.38. The lowest BCUT2D eigenvalue weighted by Gasteiger charge is -2.27. The van der Waals surface area contributed by atoms with Gasteiger partial charge in [0.15, 0.2) is 11.6 Å². The average Bonchev–Trinajstić information content (AvgIpc) is 2.40. The molecule has 0 aliphatic carbocycles. The highest BCUT2D eigenvalue weighted by atomic mass is 19.1. The van der Waals surface area contributed by atoms with Gasteiger partial charge in [-0.05, 0) is 18.1 Å². The predicted molar refractivity (Wildman–Crippen MR) is 67.6 cm³/mol. The molecule has 100 valence electrons. The molecule has 0 radical (unpaired) electrons. The van der Waals surface area contributed by atoms with E-state index in [9.17, 15) is 9.50 Å². The van der Waals surface area contributed by atoms with E-state index in [1.165, 1.54) is 19.2 Å². The molecule has 18 heavy (non-hydrogen) atoms. The number of hydrogen-bond donors (Lipinski definition) is 2. The number of nitrogens with one attached hydrogen (secondary N) is 1. The molecule has 2 rings (SSSR count). The first kappa shape index (κ1) is 13.1. The summed E-state index contributed by atoms with van der Waals surface area (Å²) in [4.78, 5) is 2.30. The normalized spacial score (nSPS) is 16.8. The number of phenolic OH excluding ortho intramolecular Hbond substituents is 1. The highest BCUT2D eigenvalue weighted by molar-refractivity contribution is 5.41. The zero-order valence-corrected chi connectivity index (χ0v) is 10.6. The molecule has 5 heteroatoms. The quantitative estimate of drug-likeness (QED) is 0.841. The van der Waals surface area contributed by atoms with Crippen LogP contribution >= 0.6 is 0 Å². The van der Waals surface area contributed by atoms with Crippen molar-refractivity contribution in [1.82, 2.24) is 10.2 Å². The minimum absolute atomic E-state index is 0.0819. The van der Waals surface area contributed by atoms with Crippen molar-refractivity contribution in [1.29, 1.82) is 0 Å². The number of methoxy groups -OCH3 is 1. The summed E-state index contributed by atoms with van der Waals surface area (Å²) >= 11 is 0. The van der Waals surface area contributed by atoms with Crippen LogP contribution in [0.15, 0.2) is 12.1 Å². The van der Waals surface area contributed by atoms with E-state index in [0.717, 1.165) is 32.7 Å². The monoisotopic (exact) mass is 254 g/mol. The molecule has 1 fully saturated rings. The summed E-state index contributed by atoms with van der Waals surface area (Å²) in [5, 5.41) is 13.1. The Balaban J connectivity index is 1.98. The molecule has 2 N–H and O–H groups in total. The maximum Gasteiger partial charge on any atom is 0.165 e. The number of halogens is 1. The van der Waals surface area contributed by atoms with Crippen molar-refractivity contribution in [3.63, 3.8) is 0 Å². The zero-order valence-electron chi connectivity index (χ0n) is 10.6. The molecule has 1 saturated heterocycles. The van der Waals surface area contributed by atoms with Gasteiger partial charge in [0, 0.05) is 38.8 Å². The maximum atomic E-state index is 13.5. The van der Waals surface area contributed by atoms with Gasteiger partial charge in [0.25, 0.3) is 0 Å². The molecule has 1 aliphatic rings. The fourth-order valence-corrected chi connectivity index (χ4v) is 2.15. The van der Waals surface area contributed by atoms with Gasteiger partial charge in [-0.15, -0.1) is 0 Å². The van der Waals surface area contributed by atoms with Gasteiger partial charge in [-0.3, -0.25) is 0 Å². The molecule has 0 amide bonds. The molecule has 0 saturated carbocycles. The van der Waals surface area contributed by atoms with E-state index in [0.29, 0.717) is 12.0 Å². The molecular weight excluding hydrogens is 235 g/mol. The van der Waals surface area contributed by atoms with Crippen LogP contribution in [-0.2, 0) is 6.42 Å². The second-order valence-electron chi connectivity index (χ2n) is 4.46. The first-order chi connectivity index (χ1) is 8.70. The van der Waals surface area contributed by atoms with Gasteiger partial charge in [0.2, 0.25) is 0 Å². The van der Waals surface area contributed by atoms with Gasteiger partial charge < -0.3 is 20.1 Å². The third kappa shape index (κ3) is 3.11. The number of aromatic hydroxyl groups is 1. The van der Waals surface area contributed by atoms with Crippen molar-refractivity contribution < 1.29 is 14.2 Å². The predicted octanol–water partition coefficient (Wildman–Crippen LogP) is 0.988. The van der Waals surface area contributed by atoms with Crippen LogP contribution in [0.3, 0.4) is 0 Å². The Hall–Kier alpha value is -1.33. The lowest BCUT2D eigenvalue weighted by Crippen LogP contribution is -2.44. The van der Waals surface area contributed by atoms with Crippen LogP contribution in [0.4, 0.5) is 4.39 Å². The summed E-state index contributed by atoms with van der Waals surface area (Å²) in [5.74, 6) is -0.243. The SMILES string of the molecule is COc1cc(O)c(CCN2CCNCC2)cc1F. The number of nitrogens with zero attached hydrogens (tertiary/aromatic N) is 1. The second-order valence-corrected chi connectivity index (χ2v) is 4.46. The van der Waals surface area contributed by atoms with Gasteiger partial charge in [-0.25, -0.2) is 4.39 Å². The van der Waals surface area contributed by atoms with E-state index in [4.69, 9.17) is 4.74 Å². The van der Waals surface area contributed by atoms with E-state index in [1.54, 1.807) is 0 Å². The number of ether oxygens (including phenoxy) is 1. The second kappa shape index (κ2) is 6.02. The minimum Gasteiger partial charge on any atom is -0.508 e. The summed E-state index contributed by atoms with van der Waals surface area (Å²) < 4.78 is 18.4. The van der Waals surface area contributed by atoms with Gasteiger partial charge >= 0.3 is 0 Å². The van der Waals surface area contributed by atoms with Crippen LogP contribution in [0.1, 0.15) is 5.56 Å². The van der Waals surface area contributed by atoms with Gasteiger partial charge in [0.05, 0.1) is 7.11 Å². The Labute approximate surface area is 106 Å². The van der Waals surface area contributed by atoms with E-state index >= 15 is 0 Å². The summed E-state index contributed by atoms with van der Waals surface area (Å²) in [6, 6.07) is 2.69. The van der Waals surface area contributed by atoms with Gasteiger partial charge in [0.1, 0.15) is 5.75 Å². The fraction of sp³-hybridized carbons (Fsp3) is 0.538. The number of phenols is 1. The molecule has 1 aliphatic heterocycles. The lowest BCUT2D eigenvalue weighted by molar-refractivity contribution is 0.243. The van der Waals surface area contributed by atoms with Crippen LogP contribution in [0, 0.1) is 5.82 Å². The summed E-state index contributed by atoms with van der Waals surface area (Å²) in [7, 11) is 1.39. The van der Waals surface area contributed by atoms with Crippen LogP contribution in [0.5, 0.6) is 11.5 Å². The van der Waals surface area contributed by atoms with Crippen molar-refractivity contribution in [2.24, 2.45) is 0 Å². The smallest absolute Gasteiger partial charge is 0.165 e. The van der Waals surface area contributed by atoms with Gasteiger partial charge in [-0.2, -0.15) is 0 Å². The van der Waals surface area contributed by atoms with Crippen molar-refractivity contribution >= 4 is 0 Å². The van der Waals surface area contributed by atoms with Gasteiger partial charge in [-0.1, -0.05) is 0 Å². The van der Waals surface area contributed by atoms with E-state index in [1.807, 2.05) is 0 Å². The maximum absolute atomic E-state index is 13.5. The van der Waals surface area contributed by atoms with Crippen molar-refractivity contribution in [2.45, 2.75) is 6.42 Å². The Bertz CT molecular complexity index is 406. The molecule has 0 atom stereocenters. The van der Waals surface area contributed by atoms with E-state index in [2.05, 4.69) is 10.2 Å². The first-order valence-electron chi connectivity index (χ1n) is 6.19. The molecule has 4 nitrogen and oxygen atoms in total. The van der Waals surface area contributed by atoms with Crippen molar-refractivity contribution in [3.05, 3.63) is 23.5 Å². The Morgan fingerprint density at radius 2 is 2.11 bits per heavy atom. The Morgan fingerprint density at radius 1 is 1.39 bits per heavy atom. The molecule has 1 heterocycles. The van der Waals surface area contributed by atoms with Crippen LogP contribution in [-0.4, -0.2) is 49.8 Å². The molecule has 1 aromatic carbocycles. The first-order valence-corrected chi connectivity index (χ1v) is 6.19. The third-order valence-electron chi connectivity index (χ3n) is 3.26. The summed E-state index contributed by atoms with van der Waals surface area (Å²) in [6.45, 7) is 4.81. The number of hydrogen-bond acceptors (Lipinski definition) is 4. The number of piperazine rings is 1. The highest BCUT2D eigenvalue weighted by Crippen LogP contribution is 2.27. The molecule has 0 bridgehead atoms. The molecule has 0 unspecified atom stereocenters. The van der Waals surface area contributed by atoms with Crippen molar-refractivity contribution in [3.8, 4) is 11.5 Å². The summed E-state index contributed by atoms with van der Waals surface area (Å²) in [6.07, 6.45) is 0.646. The highest BCUT2D eigenvalue weighted by Gasteiger charge is 2.13. The molecule has 1 aromatic rings. The minimum atomic E-state index is -0.425. The summed E-state index contributed by atoms with van der Waals surface area (Å²) in [5.41, 5.74) is 0.631. The topological polar surface area (TPSA) is 44.7 Å². The Morgan fingerprint density at radius 3 is 2.78 bits per heavy atom. The molecule has 0 aromatic heterocycles. The standard InChI is InChI=1S/C13H19FN2O2/c1-18-13-9-12(17)10(8-11(13)14)2-5-16-6-3-15-4-7-16/h8-9,15,17H,2-7H2,1H3. The van der Waals surface area contributed by atoms with E-state index < -0.39 is 5.82 Å². The van der Waals surface area contributed by atoms with Crippen molar-refractivity contribution in [2.75, 3.05) is 39.8 Å². The zero-order chi connectivity index (χ0) is 13.0. The third-order valence-corrected chi connectivity index (χ3v) is 3.26. The average molecular weight is 254 g/mol. The van der Waals surface area contributed by atoms with Crippen LogP contribution in [0.2, 0.25) is 0 Å². The number of benzene rings is 1. The largest absolute Gasteiger partial charge is 0.508 e. The molecular formula is C13H19FN2O2. The fourth-order valence-electron chi connectivity index (χ4n) is 2.15. The van der Waals surface area contributed by atoms with E-state index in [-0.39, 0.29) is 11.5 Å². The number of rotatable bonds is 4.